The first-order valence-electron chi connectivity index (χ1n) is 8.36. The van der Waals surface area contributed by atoms with Crippen LogP contribution in [-0.2, 0) is 11.2 Å². The summed E-state index contributed by atoms with van der Waals surface area (Å²) in [7, 11) is 1.98. The fourth-order valence-electron chi connectivity index (χ4n) is 2.88. The van der Waals surface area contributed by atoms with Crippen molar-refractivity contribution in [2.24, 2.45) is 0 Å². The molecule has 0 saturated carbocycles. The highest BCUT2D eigenvalue weighted by Crippen LogP contribution is 2.11. The quantitative estimate of drug-likeness (QED) is 0.834. The Kier molecular flexibility index (Phi) is 6.84. The Bertz CT molecular complexity index is 453. The Morgan fingerprint density at radius 3 is 2.32 bits per heavy atom. The maximum atomic E-state index is 12.9. The summed E-state index contributed by atoms with van der Waals surface area (Å²) >= 11 is 0. The second-order valence-corrected chi connectivity index (χ2v) is 6.26. The first-order valence-corrected chi connectivity index (χ1v) is 8.36. The Balaban J connectivity index is 1.74. The summed E-state index contributed by atoms with van der Waals surface area (Å²) in [6.45, 7) is 3.10. The molecule has 2 rings (SSSR count). The molecule has 1 amide bonds. The van der Waals surface area contributed by atoms with E-state index < -0.39 is 0 Å². The van der Waals surface area contributed by atoms with Gasteiger partial charge in [-0.2, -0.15) is 0 Å². The monoisotopic (exact) mass is 306 g/mol. The fourth-order valence-corrected chi connectivity index (χ4v) is 2.88. The SMILES string of the molecule is CN(CCc1ccc(F)cc1)CC(=O)N1CCCCCCC1. The van der Waals surface area contributed by atoms with Crippen molar-refractivity contribution in [2.45, 2.75) is 38.5 Å². The molecule has 1 aliphatic heterocycles. The molecule has 1 saturated heterocycles. The molecule has 1 fully saturated rings. The van der Waals surface area contributed by atoms with Crippen LogP contribution >= 0.6 is 0 Å². The van der Waals surface area contributed by atoms with Crippen LogP contribution < -0.4 is 0 Å². The minimum atomic E-state index is -0.204. The van der Waals surface area contributed by atoms with Crippen molar-refractivity contribution in [3.63, 3.8) is 0 Å². The van der Waals surface area contributed by atoms with Gasteiger partial charge in [0.15, 0.2) is 0 Å². The van der Waals surface area contributed by atoms with E-state index in [2.05, 4.69) is 4.90 Å². The lowest BCUT2D eigenvalue weighted by atomic mass is 10.1. The van der Waals surface area contributed by atoms with Crippen LogP contribution in [0.25, 0.3) is 0 Å². The van der Waals surface area contributed by atoms with Crippen molar-refractivity contribution in [1.82, 2.24) is 9.80 Å². The number of rotatable bonds is 5. The zero-order valence-corrected chi connectivity index (χ0v) is 13.6. The molecule has 0 aliphatic carbocycles. The Morgan fingerprint density at radius 1 is 1.09 bits per heavy atom. The largest absolute Gasteiger partial charge is 0.342 e. The summed E-state index contributed by atoms with van der Waals surface area (Å²) < 4.78 is 12.9. The van der Waals surface area contributed by atoms with Crippen LogP contribution in [-0.4, -0.2) is 48.9 Å². The third-order valence-electron chi connectivity index (χ3n) is 4.31. The van der Waals surface area contributed by atoms with E-state index in [1.165, 1.54) is 31.4 Å². The van der Waals surface area contributed by atoms with Crippen molar-refractivity contribution >= 4 is 5.91 Å². The summed E-state index contributed by atoms with van der Waals surface area (Å²) in [5, 5.41) is 0. The fraction of sp³-hybridized carbons (Fsp3) is 0.611. The number of benzene rings is 1. The van der Waals surface area contributed by atoms with Crippen LogP contribution in [0.5, 0.6) is 0 Å². The number of carbonyl (C=O) groups is 1. The Morgan fingerprint density at radius 2 is 1.68 bits per heavy atom. The number of likely N-dealkylation sites (N-methyl/N-ethyl adjacent to an activating group) is 1. The minimum absolute atomic E-state index is 0.204. The van der Waals surface area contributed by atoms with Crippen LogP contribution in [0.4, 0.5) is 4.39 Å². The standard InChI is InChI=1S/C18H27FN2O/c1-20(14-11-16-7-9-17(19)10-8-16)15-18(22)21-12-5-3-2-4-6-13-21/h7-10H,2-6,11-15H2,1H3. The van der Waals surface area contributed by atoms with Crippen molar-refractivity contribution in [3.05, 3.63) is 35.6 Å². The summed E-state index contributed by atoms with van der Waals surface area (Å²) in [5.74, 6) is 0.0351. The normalized spacial score (nSPS) is 16.4. The van der Waals surface area contributed by atoms with E-state index in [1.54, 1.807) is 0 Å². The van der Waals surface area contributed by atoms with Crippen LogP contribution in [0.1, 0.15) is 37.7 Å². The van der Waals surface area contributed by atoms with Crippen LogP contribution in [0.3, 0.4) is 0 Å². The van der Waals surface area contributed by atoms with E-state index in [1.807, 2.05) is 24.1 Å². The Hall–Kier alpha value is -1.42. The molecule has 0 radical (unpaired) electrons. The lowest BCUT2D eigenvalue weighted by Gasteiger charge is -2.27. The summed E-state index contributed by atoms with van der Waals surface area (Å²) in [6.07, 6.45) is 6.88. The topological polar surface area (TPSA) is 23.6 Å². The third-order valence-corrected chi connectivity index (χ3v) is 4.31. The number of hydrogen-bond donors (Lipinski definition) is 0. The molecule has 0 bridgehead atoms. The lowest BCUT2D eigenvalue weighted by molar-refractivity contribution is -0.132. The van der Waals surface area contributed by atoms with Gasteiger partial charge >= 0.3 is 0 Å². The van der Waals surface area contributed by atoms with E-state index in [9.17, 15) is 9.18 Å². The van der Waals surface area contributed by atoms with Crippen LogP contribution in [0.15, 0.2) is 24.3 Å². The molecule has 1 aromatic rings. The van der Waals surface area contributed by atoms with Crippen LogP contribution in [0.2, 0.25) is 0 Å². The van der Waals surface area contributed by atoms with E-state index in [0.717, 1.165) is 44.5 Å². The first-order chi connectivity index (χ1) is 10.6. The van der Waals surface area contributed by atoms with Gasteiger partial charge in [-0.3, -0.25) is 9.69 Å². The molecule has 0 N–H and O–H groups in total. The second-order valence-electron chi connectivity index (χ2n) is 6.26. The highest BCUT2D eigenvalue weighted by atomic mass is 19.1. The third kappa shape index (κ3) is 5.76. The van der Waals surface area contributed by atoms with Gasteiger partial charge in [0, 0.05) is 19.6 Å². The zero-order chi connectivity index (χ0) is 15.8. The van der Waals surface area contributed by atoms with Crippen molar-refractivity contribution in [1.29, 1.82) is 0 Å². The molecule has 0 atom stereocenters. The van der Waals surface area contributed by atoms with Crippen molar-refractivity contribution < 1.29 is 9.18 Å². The molecule has 0 spiro atoms. The van der Waals surface area contributed by atoms with Gasteiger partial charge in [-0.1, -0.05) is 31.4 Å². The van der Waals surface area contributed by atoms with Gasteiger partial charge in [-0.05, 0) is 44.0 Å². The number of nitrogens with zero attached hydrogens (tertiary/aromatic N) is 2. The predicted molar refractivity (Wildman–Crippen MR) is 87.3 cm³/mol. The van der Waals surface area contributed by atoms with Gasteiger partial charge in [0.25, 0.3) is 0 Å². The van der Waals surface area contributed by atoms with Gasteiger partial charge in [-0.15, -0.1) is 0 Å². The molecule has 1 aliphatic rings. The molecule has 22 heavy (non-hydrogen) atoms. The second kappa shape index (κ2) is 8.89. The van der Waals surface area contributed by atoms with Gasteiger partial charge < -0.3 is 4.90 Å². The minimum Gasteiger partial charge on any atom is -0.342 e. The van der Waals surface area contributed by atoms with Gasteiger partial charge in [0.1, 0.15) is 5.82 Å². The first kappa shape index (κ1) is 16.9. The zero-order valence-electron chi connectivity index (χ0n) is 13.6. The molecule has 1 heterocycles. The molecule has 0 aromatic heterocycles. The van der Waals surface area contributed by atoms with Crippen molar-refractivity contribution in [2.75, 3.05) is 33.2 Å². The number of likely N-dealkylation sites (tertiary alicyclic amines) is 1. The Labute approximate surface area is 133 Å². The van der Waals surface area contributed by atoms with Crippen LogP contribution in [0, 0.1) is 5.82 Å². The maximum Gasteiger partial charge on any atom is 0.236 e. The summed E-state index contributed by atoms with van der Waals surface area (Å²) in [4.78, 5) is 16.4. The lowest BCUT2D eigenvalue weighted by Crippen LogP contribution is -2.41. The van der Waals surface area contributed by atoms with E-state index >= 15 is 0 Å². The molecular formula is C18H27FN2O. The summed E-state index contributed by atoms with van der Waals surface area (Å²) in [6, 6.07) is 6.59. The van der Waals surface area contributed by atoms with E-state index in [0.29, 0.717) is 6.54 Å². The average molecular weight is 306 g/mol. The maximum absolute atomic E-state index is 12.9. The molecule has 0 unspecified atom stereocenters. The van der Waals surface area contributed by atoms with E-state index in [-0.39, 0.29) is 11.7 Å². The van der Waals surface area contributed by atoms with Gasteiger partial charge in [0.05, 0.1) is 6.54 Å². The average Bonchev–Trinajstić information content (AvgIpc) is 2.46. The number of hydrogen-bond acceptors (Lipinski definition) is 2. The van der Waals surface area contributed by atoms with E-state index in [4.69, 9.17) is 0 Å². The number of carbonyl (C=O) groups excluding carboxylic acids is 1. The predicted octanol–water partition coefficient (Wildman–Crippen LogP) is 3.09. The van der Waals surface area contributed by atoms with Gasteiger partial charge in [-0.25, -0.2) is 4.39 Å². The smallest absolute Gasteiger partial charge is 0.236 e. The summed E-state index contributed by atoms with van der Waals surface area (Å²) in [5.41, 5.74) is 1.10. The molecule has 3 nitrogen and oxygen atoms in total. The van der Waals surface area contributed by atoms with Crippen molar-refractivity contribution in [3.8, 4) is 0 Å². The molecule has 1 aromatic carbocycles. The number of halogens is 1. The highest BCUT2D eigenvalue weighted by molar-refractivity contribution is 5.78. The van der Waals surface area contributed by atoms with Gasteiger partial charge in [0.2, 0.25) is 5.91 Å². The number of amides is 1. The molecule has 122 valence electrons. The molecular weight excluding hydrogens is 279 g/mol. The molecule has 4 heteroatoms. The highest BCUT2D eigenvalue weighted by Gasteiger charge is 2.16.